The Morgan fingerprint density at radius 1 is 1.41 bits per heavy atom. The lowest BCUT2D eigenvalue weighted by Gasteiger charge is -2.07. The zero-order valence-corrected chi connectivity index (χ0v) is 9.91. The number of benzene rings is 1. The highest BCUT2D eigenvalue weighted by molar-refractivity contribution is 6.30. The van der Waals surface area contributed by atoms with Gasteiger partial charge in [-0.05, 0) is 18.2 Å². The number of aliphatic hydroxyl groups excluding tert-OH is 1. The molecule has 0 fully saturated rings. The summed E-state index contributed by atoms with van der Waals surface area (Å²) < 4.78 is 4.97. The van der Waals surface area contributed by atoms with E-state index < -0.39 is 5.91 Å². The Morgan fingerprint density at radius 2 is 2.18 bits per heavy atom. The molecule has 3 N–H and O–H groups in total. The molecule has 0 heterocycles. The molecule has 6 heteroatoms. The molecule has 0 saturated heterocycles. The number of ether oxygens (including phenoxy) is 1. The van der Waals surface area contributed by atoms with Gasteiger partial charge in [0.05, 0.1) is 25.4 Å². The van der Waals surface area contributed by atoms with Gasteiger partial charge >= 0.3 is 0 Å². The zero-order valence-electron chi connectivity index (χ0n) is 9.15. The molecule has 0 bridgehead atoms. The van der Waals surface area contributed by atoms with E-state index in [1.54, 1.807) is 0 Å². The predicted molar refractivity (Wildman–Crippen MR) is 63.4 cm³/mol. The van der Waals surface area contributed by atoms with Crippen molar-refractivity contribution in [2.24, 2.45) is 0 Å². The number of phenols is 1. The molecule has 0 aromatic heterocycles. The number of carbonyl (C=O) groups is 1. The normalized spacial score (nSPS) is 10.2. The van der Waals surface area contributed by atoms with Crippen molar-refractivity contribution >= 4 is 17.5 Å². The van der Waals surface area contributed by atoms with Crippen LogP contribution in [-0.4, -0.2) is 42.5 Å². The van der Waals surface area contributed by atoms with Crippen LogP contribution in [0.15, 0.2) is 18.2 Å². The molecule has 0 spiro atoms. The first-order chi connectivity index (χ1) is 8.15. The van der Waals surface area contributed by atoms with Crippen LogP contribution in [0, 0.1) is 0 Å². The van der Waals surface area contributed by atoms with Gasteiger partial charge in [0.15, 0.2) is 0 Å². The van der Waals surface area contributed by atoms with Gasteiger partial charge in [-0.1, -0.05) is 11.6 Å². The van der Waals surface area contributed by atoms with Crippen molar-refractivity contribution in [2.75, 3.05) is 26.4 Å². The Bertz CT molecular complexity index is 384. The van der Waals surface area contributed by atoms with Crippen molar-refractivity contribution in [1.82, 2.24) is 5.32 Å². The van der Waals surface area contributed by atoms with Crippen LogP contribution >= 0.6 is 11.6 Å². The first-order valence-corrected chi connectivity index (χ1v) is 5.48. The van der Waals surface area contributed by atoms with E-state index in [0.717, 1.165) is 0 Å². The van der Waals surface area contributed by atoms with E-state index in [1.807, 2.05) is 0 Å². The molecule has 1 aromatic rings. The minimum absolute atomic E-state index is 0.0497. The number of phenolic OH excluding ortho intramolecular Hbond substituents is 1. The second-order valence-electron chi connectivity index (χ2n) is 3.25. The van der Waals surface area contributed by atoms with E-state index in [2.05, 4.69) is 5.32 Å². The molecule has 5 nitrogen and oxygen atoms in total. The van der Waals surface area contributed by atoms with Gasteiger partial charge in [0.25, 0.3) is 5.91 Å². The fraction of sp³-hybridized carbons (Fsp3) is 0.364. The molecule has 0 aliphatic carbocycles. The summed E-state index contributed by atoms with van der Waals surface area (Å²) in [6.07, 6.45) is 0. The van der Waals surface area contributed by atoms with Gasteiger partial charge in [-0.3, -0.25) is 4.79 Å². The summed E-state index contributed by atoms with van der Waals surface area (Å²) in [7, 11) is 0. The first kappa shape index (κ1) is 13.8. The lowest BCUT2D eigenvalue weighted by atomic mass is 10.2. The van der Waals surface area contributed by atoms with Crippen molar-refractivity contribution in [3.8, 4) is 5.75 Å². The summed E-state index contributed by atoms with van der Waals surface area (Å²) >= 11 is 5.65. The Balaban J connectivity index is 2.42. The van der Waals surface area contributed by atoms with Crippen LogP contribution in [0.4, 0.5) is 0 Å². The Hall–Kier alpha value is -1.30. The average molecular weight is 260 g/mol. The molecule has 0 atom stereocenters. The van der Waals surface area contributed by atoms with Crippen molar-refractivity contribution < 1.29 is 19.7 Å². The lowest BCUT2D eigenvalue weighted by molar-refractivity contribution is 0.0836. The average Bonchev–Trinajstić information content (AvgIpc) is 2.28. The van der Waals surface area contributed by atoms with Crippen LogP contribution in [0.2, 0.25) is 5.02 Å². The molecule has 0 saturated carbocycles. The van der Waals surface area contributed by atoms with Crippen LogP contribution in [0.5, 0.6) is 5.75 Å². The minimum atomic E-state index is -0.397. The molecule has 0 unspecified atom stereocenters. The highest BCUT2D eigenvalue weighted by Crippen LogP contribution is 2.21. The highest BCUT2D eigenvalue weighted by Gasteiger charge is 2.10. The van der Waals surface area contributed by atoms with Gasteiger partial charge in [-0.2, -0.15) is 0 Å². The number of carbonyl (C=O) groups excluding carboxylic acids is 1. The number of rotatable bonds is 6. The number of nitrogens with one attached hydrogen (secondary N) is 1. The summed E-state index contributed by atoms with van der Waals surface area (Å²) in [4.78, 5) is 11.6. The third-order valence-corrected chi connectivity index (χ3v) is 2.21. The number of hydrogen-bond donors (Lipinski definition) is 3. The van der Waals surface area contributed by atoms with E-state index in [9.17, 15) is 9.90 Å². The Kier molecular flexibility index (Phi) is 5.76. The largest absolute Gasteiger partial charge is 0.507 e. The molecule has 17 heavy (non-hydrogen) atoms. The van der Waals surface area contributed by atoms with E-state index >= 15 is 0 Å². The van der Waals surface area contributed by atoms with Crippen LogP contribution in [0.1, 0.15) is 10.4 Å². The summed E-state index contributed by atoms with van der Waals surface area (Å²) in [6, 6.07) is 4.28. The van der Waals surface area contributed by atoms with Crippen molar-refractivity contribution in [2.45, 2.75) is 0 Å². The standard InChI is InChI=1S/C11H14ClNO4/c12-8-1-2-9(10(15)7-8)11(16)13-3-5-17-6-4-14/h1-2,7,14-15H,3-6H2,(H,13,16). The molecule has 94 valence electrons. The van der Waals surface area contributed by atoms with E-state index in [-0.39, 0.29) is 24.5 Å². The first-order valence-electron chi connectivity index (χ1n) is 5.10. The number of aromatic hydroxyl groups is 1. The fourth-order valence-electron chi connectivity index (χ4n) is 1.20. The van der Waals surface area contributed by atoms with Gasteiger partial charge in [0.2, 0.25) is 0 Å². The van der Waals surface area contributed by atoms with E-state index in [0.29, 0.717) is 18.2 Å². The monoisotopic (exact) mass is 259 g/mol. The van der Waals surface area contributed by atoms with Gasteiger partial charge in [-0.25, -0.2) is 0 Å². The van der Waals surface area contributed by atoms with Gasteiger partial charge in [0.1, 0.15) is 5.75 Å². The predicted octanol–water partition coefficient (Wildman–Crippen LogP) is 0.784. The summed E-state index contributed by atoms with van der Waals surface area (Å²) in [5.41, 5.74) is 0.163. The summed E-state index contributed by atoms with van der Waals surface area (Å²) in [6.45, 7) is 0.801. The molecule has 0 aliphatic heterocycles. The number of aliphatic hydroxyl groups is 1. The molecular formula is C11H14ClNO4. The van der Waals surface area contributed by atoms with Gasteiger partial charge in [-0.15, -0.1) is 0 Å². The fourth-order valence-corrected chi connectivity index (χ4v) is 1.36. The van der Waals surface area contributed by atoms with Crippen LogP contribution < -0.4 is 5.32 Å². The van der Waals surface area contributed by atoms with Gasteiger partial charge < -0.3 is 20.3 Å². The third kappa shape index (κ3) is 4.60. The molecule has 0 radical (unpaired) electrons. The highest BCUT2D eigenvalue weighted by atomic mass is 35.5. The van der Waals surface area contributed by atoms with Crippen molar-refractivity contribution in [1.29, 1.82) is 0 Å². The van der Waals surface area contributed by atoms with Gasteiger partial charge in [0, 0.05) is 11.6 Å². The second-order valence-corrected chi connectivity index (χ2v) is 3.69. The quantitative estimate of drug-likeness (QED) is 0.660. The molecule has 0 aliphatic rings. The topological polar surface area (TPSA) is 78.8 Å². The summed E-state index contributed by atoms with van der Waals surface area (Å²) in [5.74, 6) is -0.557. The van der Waals surface area contributed by atoms with Crippen molar-refractivity contribution in [3.63, 3.8) is 0 Å². The SMILES string of the molecule is O=C(NCCOCCO)c1ccc(Cl)cc1O. The molecule has 1 rings (SSSR count). The lowest BCUT2D eigenvalue weighted by Crippen LogP contribution is -2.27. The maximum atomic E-state index is 11.6. The van der Waals surface area contributed by atoms with E-state index in [1.165, 1.54) is 18.2 Å². The molecular weight excluding hydrogens is 246 g/mol. The zero-order chi connectivity index (χ0) is 12.7. The second kappa shape index (κ2) is 7.11. The number of hydrogen-bond acceptors (Lipinski definition) is 4. The maximum absolute atomic E-state index is 11.6. The Morgan fingerprint density at radius 3 is 2.82 bits per heavy atom. The van der Waals surface area contributed by atoms with Crippen LogP contribution in [-0.2, 0) is 4.74 Å². The van der Waals surface area contributed by atoms with Crippen LogP contribution in [0.3, 0.4) is 0 Å². The molecule has 1 amide bonds. The van der Waals surface area contributed by atoms with Crippen molar-refractivity contribution in [3.05, 3.63) is 28.8 Å². The van der Waals surface area contributed by atoms with E-state index in [4.69, 9.17) is 21.4 Å². The third-order valence-electron chi connectivity index (χ3n) is 1.97. The van der Waals surface area contributed by atoms with Crippen LogP contribution in [0.25, 0.3) is 0 Å². The maximum Gasteiger partial charge on any atom is 0.255 e. The number of halogens is 1. The Labute approximate surface area is 104 Å². The summed E-state index contributed by atoms with van der Waals surface area (Å²) in [5, 5.41) is 20.9. The number of amides is 1. The smallest absolute Gasteiger partial charge is 0.255 e. The molecule has 1 aromatic carbocycles. The minimum Gasteiger partial charge on any atom is -0.507 e.